The van der Waals surface area contributed by atoms with Crippen LogP contribution in [0.15, 0.2) is 36.4 Å². The van der Waals surface area contributed by atoms with Crippen molar-refractivity contribution in [3.63, 3.8) is 0 Å². The van der Waals surface area contributed by atoms with E-state index in [0.29, 0.717) is 10.0 Å². The number of halogens is 3. The van der Waals surface area contributed by atoms with Crippen LogP contribution in [-0.2, 0) is 11.2 Å². The molecule has 0 aliphatic heterocycles. The number of benzene rings is 2. The summed E-state index contributed by atoms with van der Waals surface area (Å²) in [6, 6.07) is 11.2. The first-order valence-corrected chi connectivity index (χ1v) is 8.26. The van der Waals surface area contributed by atoms with E-state index >= 15 is 0 Å². The molecule has 0 amide bonds. The molecule has 2 aromatic carbocycles. The Labute approximate surface area is 150 Å². The topological polar surface area (TPSA) is 53.1 Å². The summed E-state index contributed by atoms with van der Waals surface area (Å²) < 4.78 is 1.05. The van der Waals surface area contributed by atoms with Gasteiger partial charge in [0.1, 0.15) is 0 Å². The molecule has 0 aliphatic carbocycles. The average Bonchev–Trinajstić information content (AvgIpc) is 2.79. The summed E-state index contributed by atoms with van der Waals surface area (Å²) in [6.45, 7) is 0. The first kappa shape index (κ1) is 15.6. The summed E-state index contributed by atoms with van der Waals surface area (Å²) in [4.78, 5) is 14.5. The highest BCUT2D eigenvalue weighted by Crippen LogP contribution is 2.34. The SMILES string of the molecule is O=C(O)Cc1c(-c2ccc(Cl)c(Cl)c2)[nH]c2ccc(I)cc12. The molecule has 0 unspecified atom stereocenters. The van der Waals surface area contributed by atoms with Crippen molar-refractivity contribution in [2.24, 2.45) is 0 Å². The Morgan fingerprint density at radius 1 is 1.14 bits per heavy atom. The van der Waals surface area contributed by atoms with Gasteiger partial charge < -0.3 is 10.1 Å². The van der Waals surface area contributed by atoms with Crippen molar-refractivity contribution in [1.29, 1.82) is 0 Å². The molecule has 1 heterocycles. The normalized spacial score (nSPS) is 11.0. The monoisotopic (exact) mass is 445 g/mol. The number of aliphatic carboxylic acids is 1. The number of nitrogens with one attached hydrogen (secondary N) is 1. The van der Waals surface area contributed by atoms with Crippen LogP contribution < -0.4 is 0 Å². The molecular weight excluding hydrogens is 436 g/mol. The van der Waals surface area contributed by atoms with Gasteiger partial charge in [0.25, 0.3) is 0 Å². The van der Waals surface area contributed by atoms with Gasteiger partial charge in [0.2, 0.25) is 0 Å². The quantitative estimate of drug-likeness (QED) is 0.532. The number of H-pyrrole nitrogens is 1. The van der Waals surface area contributed by atoms with E-state index in [2.05, 4.69) is 27.6 Å². The summed E-state index contributed by atoms with van der Waals surface area (Å²) in [7, 11) is 0. The maximum atomic E-state index is 11.2. The molecule has 22 heavy (non-hydrogen) atoms. The predicted octanol–water partition coefficient (Wildman–Crippen LogP) is 5.37. The molecule has 0 bridgehead atoms. The van der Waals surface area contributed by atoms with Gasteiger partial charge in [-0.05, 0) is 64.0 Å². The van der Waals surface area contributed by atoms with Crippen molar-refractivity contribution in [2.45, 2.75) is 6.42 Å². The molecule has 1 aromatic heterocycles. The Morgan fingerprint density at radius 3 is 2.59 bits per heavy atom. The fourth-order valence-corrected chi connectivity index (χ4v) is 3.24. The highest BCUT2D eigenvalue weighted by atomic mass is 127. The zero-order valence-electron chi connectivity index (χ0n) is 11.2. The highest BCUT2D eigenvalue weighted by Gasteiger charge is 2.16. The van der Waals surface area contributed by atoms with E-state index in [1.165, 1.54) is 0 Å². The fraction of sp³-hybridized carbons (Fsp3) is 0.0625. The first-order chi connectivity index (χ1) is 10.5. The number of aromatic nitrogens is 1. The van der Waals surface area contributed by atoms with Crippen LogP contribution in [0, 0.1) is 3.57 Å². The van der Waals surface area contributed by atoms with Crippen molar-refractivity contribution in [3.05, 3.63) is 55.6 Å². The summed E-state index contributed by atoms with van der Waals surface area (Å²) in [6.07, 6.45) is -0.0598. The summed E-state index contributed by atoms with van der Waals surface area (Å²) in [5.74, 6) is -0.874. The van der Waals surface area contributed by atoms with Crippen molar-refractivity contribution in [1.82, 2.24) is 4.98 Å². The molecule has 3 rings (SSSR count). The lowest BCUT2D eigenvalue weighted by Gasteiger charge is -2.05. The minimum atomic E-state index is -0.874. The third-order valence-electron chi connectivity index (χ3n) is 3.40. The van der Waals surface area contributed by atoms with Gasteiger partial charge in [-0.15, -0.1) is 0 Å². The predicted molar refractivity (Wildman–Crippen MR) is 97.8 cm³/mol. The smallest absolute Gasteiger partial charge is 0.307 e. The largest absolute Gasteiger partial charge is 0.481 e. The molecule has 112 valence electrons. The minimum absolute atomic E-state index is 0.0598. The molecule has 0 radical (unpaired) electrons. The lowest BCUT2D eigenvalue weighted by molar-refractivity contribution is -0.136. The summed E-state index contributed by atoms with van der Waals surface area (Å²) >= 11 is 14.2. The number of carboxylic acid groups (broad SMARTS) is 1. The van der Waals surface area contributed by atoms with E-state index in [0.717, 1.165) is 31.3 Å². The minimum Gasteiger partial charge on any atom is -0.481 e. The second kappa shape index (κ2) is 6.10. The Kier molecular flexibility index (Phi) is 4.34. The van der Waals surface area contributed by atoms with Crippen molar-refractivity contribution >= 4 is 62.7 Å². The molecule has 0 aliphatic rings. The number of hydrogen-bond acceptors (Lipinski definition) is 1. The molecule has 6 heteroatoms. The molecule has 3 nitrogen and oxygen atoms in total. The van der Waals surface area contributed by atoms with Gasteiger partial charge in [-0.3, -0.25) is 4.79 Å². The van der Waals surface area contributed by atoms with Crippen LogP contribution in [-0.4, -0.2) is 16.1 Å². The molecule has 2 N–H and O–H groups in total. The zero-order chi connectivity index (χ0) is 15.9. The van der Waals surface area contributed by atoms with E-state index < -0.39 is 5.97 Å². The lowest BCUT2D eigenvalue weighted by atomic mass is 10.0. The third-order valence-corrected chi connectivity index (χ3v) is 4.81. The van der Waals surface area contributed by atoms with Crippen LogP contribution in [0.2, 0.25) is 10.0 Å². The Hall–Kier alpha value is -1.24. The van der Waals surface area contributed by atoms with E-state index in [4.69, 9.17) is 23.2 Å². The van der Waals surface area contributed by atoms with E-state index in [1.807, 2.05) is 24.3 Å². The van der Waals surface area contributed by atoms with Gasteiger partial charge in [-0.1, -0.05) is 29.3 Å². The Bertz CT molecular complexity index is 889. The van der Waals surface area contributed by atoms with Crippen LogP contribution in [0.3, 0.4) is 0 Å². The number of aromatic amines is 1. The molecule has 0 atom stereocenters. The Morgan fingerprint density at radius 2 is 1.91 bits per heavy atom. The molecule has 0 spiro atoms. The Balaban J connectivity index is 2.27. The van der Waals surface area contributed by atoms with Crippen LogP contribution in [0.25, 0.3) is 22.2 Å². The standard InChI is InChI=1S/C16H10Cl2INO2/c17-12-3-1-8(5-13(12)18)16-11(7-15(21)22)10-6-9(19)2-4-14(10)20-16/h1-6,20H,7H2,(H,21,22). The number of carbonyl (C=O) groups is 1. The van der Waals surface area contributed by atoms with Crippen LogP contribution in [0.1, 0.15) is 5.56 Å². The molecule has 0 fully saturated rings. The van der Waals surface area contributed by atoms with Crippen LogP contribution in [0.4, 0.5) is 0 Å². The highest BCUT2D eigenvalue weighted by molar-refractivity contribution is 14.1. The van der Waals surface area contributed by atoms with Crippen molar-refractivity contribution in [3.8, 4) is 11.3 Å². The number of carboxylic acids is 1. The van der Waals surface area contributed by atoms with Crippen molar-refractivity contribution < 1.29 is 9.90 Å². The second-order valence-electron chi connectivity index (χ2n) is 4.87. The summed E-state index contributed by atoms with van der Waals surface area (Å²) in [5.41, 5.74) is 3.23. The van der Waals surface area contributed by atoms with Crippen molar-refractivity contribution in [2.75, 3.05) is 0 Å². The maximum absolute atomic E-state index is 11.2. The zero-order valence-corrected chi connectivity index (χ0v) is 14.8. The second-order valence-corrected chi connectivity index (χ2v) is 6.93. The lowest BCUT2D eigenvalue weighted by Crippen LogP contribution is -2.01. The summed E-state index contributed by atoms with van der Waals surface area (Å²) in [5, 5.41) is 11.0. The van der Waals surface area contributed by atoms with Gasteiger partial charge >= 0.3 is 5.97 Å². The fourth-order valence-electron chi connectivity index (χ4n) is 2.45. The van der Waals surface area contributed by atoms with Gasteiger partial charge in [0.05, 0.1) is 22.2 Å². The van der Waals surface area contributed by atoms with E-state index in [-0.39, 0.29) is 6.42 Å². The molecule has 3 aromatic rings. The average molecular weight is 446 g/mol. The number of fused-ring (bicyclic) bond motifs is 1. The van der Waals surface area contributed by atoms with Gasteiger partial charge in [-0.2, -0.15) is 0 Å². The van der Waals surface area contributed by atoms with Crippen LogP contribution in [0.5, 0.6) is 0 Å². The van der Waals surface area contributed by atoms with Crippen LogP contribution >= 0.6 is 45.8 Å². The van der Waals surface area contributed by atoms with E-state index in [1.54, 1.807) is 12.1 Å². The molecule has 0 saturated heterocycles. The third kappa shape index (κ3) is 2.95. The van der Waals surface area contributed by atoms with E-state index in [9.17, 15) is 9.90 Å². The first-order valence-electron chi connectivity index (χ1n) is 6.43. The van der Waals surface area contributed by atoms with Gasteiger partial charge in [-0.25, -0.2) is 0 Å². The number of hydrogen-bond donors (Lipinski definition) is 2. The number of rotatable bonds is 3. The maximum Gasteiger partial charge on any atom is 0.307 e. The molecule has 0 saturated carbocycles. The van der Waals surface area contributed by atoms with Gasteiger partial charge in [0, 0.05) is 14.5 Å². The molecular formula is C16H10Cl2INO2. The van der Waals surface area contributed by atoms with Gasteiger partial charge in [0.15, 0.2) is 0 Å².